The molecule has 0 aliphatic rings. The second kappa shape index (κ2) is 4.42. The molecule has 0 saturated heterocycles. The van der Waals surface area contributed by atoms with Crippen LogP contribution in [0.15, 0.2) is 6.07 Å². The molecule has 0 radical (unpaired) electrons. The van der Waals surface area contributed by atoms with Gasteiger partial charge in [-0.15, -0.1) is 0 Å². The largest absolute Gasteiger partial charge is 0.503 e. The molecule has 0 fully saturated rings. The molecule has 1 rings (SSSR count). The van der Waals surface area contributed by atoms with E-state index in [1.807, 2.05) is 0 Å². The van der Waals surface area contributed by atoms with Crippen LogP contribution in [-0.4, -0.2) is 20.6 Å². The minimum Gasteiger partial charge on any atom is -0.503 e. The second-order valence-electron chi connectivity index (χ2n) is 2.90. The Morgan fingerprint density at radius 1 is 1.44 bits per heavy atom. The molecule has 0 aliphatic carbocycles. The van der Waals surface area contributed by atoms with E-state index in [1.165, 1.54) is 0 Å². The van der Waals surface area contributed by atoms with E-state index in [0.717, 1.165) is 13.2 Å². The molecule has 4 nitrogen and oxygen atoms in total. The van der Waals surface area contributed by atoms with Gasteiger partial charge in [0.2, 0.25) is 14.9 Å². The van der Waals surface area contributed by atoms with Crippen LogP contribution in [0.5, 0.6) is 11.5 Å². The molecule has 0 aromatic heterocycles. The summed E-state index contributed by atoms with van der Waals surface area (Å²) in [6, 6.07) is 0.824. The minimum atomic E-state index is -4.01. The number of benzene rings is 1. The Labute approximate surface area is 94.8 Å². The average Bonchev–Trinajstić information content (AvgIpc) is 2.17. The van der Waals surface area contributed by atoms with Gasteiger partial charge < -0.3 is 9.84 Å². The topological polar surface area (TPSA) is 63.6 Å². The molecule has 0 bridgehead atoms. The zero-order valence-electron chi connectivity index (χ0n) is 8.00. The molecule has 0 aliphatic heterocycles. The SMILES string of the molecule is COc1cc(CS(=O)(=O)Cl)c(F)c(O)c1F. The lowest BCUT2D eigenvalue weighted by Crippen LogP contribution is -2.01. The first-order chi connectivity index (χ1) is 7.26. The van der Waals surface area contributed by atoms with E-state index in [9.17, 15) is 17.2 Å². The van der Waals surface area contributed by atoms with Crippen molar-refractivity contribution < 1.29 is 27.0 Å². The van der Waals surface area contributed by atoms with Gasteiger partial charge in [0.05, 0.1) is 12.9 Å². The van der Waals surface area contributed by atoms with Crippen LogP contribution >= 0.6 is 10.7 Å². The molecule has 0 amide bonds. The molecular formula is C8H7ClF2O4S. The highest BCUT2D eigenvalue weighted by Gasteiger charge is 2.21. The van der Waals surface area contributed by atoms with Gasteiger partial charge in [-0.25, -0.2) is 12.8 Å². The molecular weight excluding hydrogens is 266 g/mol. The Morgan fingerprint density at radius 3 is 2.44 bits per heavy atom. The summed E-state index contributed by atoms with van der Waals surface area (Å²) in [5.41, 5.74) is -0.467. The third-order valence-corrected chi connectivity index (χ3v) is 2.75. The van der Waals surface area contributed by atoms with Crippen LogP contribution in [0.2, 0.25) is 0 Å². The van der Waals surface area contributed by atoms with Gasteiger partial charge in [-0.3, -0.25) is 0 Å². The summed E-state index contributed by atoms with van der Waals surface area (Å²) < 4.78 is 52.3. The third kappa shape index (κ3) is 2.73. The molecule has 0 unspecified atom stereocenters. The maximum atomic E-state index is 13.2. The summed E-state index contributed by atoms with van der Waals surface area (Å²) in [4.78, 5) is 0. The maximum Gasteiger partial charge on any atom is 0.236 e. The summed E-state index contributed by atoms with van der Waals surface area (Å²) >= 11 is 0. The van der Waals surface area contributed by atoms with Crippen molar-refractivity contribution in [3.05, 3.63) is 23.3 Å². The molecule has 8 heteroatoms. The van der Waals surface area contributed by atoms with Gasteiger partial charge in [0.15, 0.2) is 17.3 Å². The monoisotopic (exact) mass is 272 g/mol. The second-order valence-corrected chi connectivity index (χ2v) is 5.67. The highest BCUT2D eigenvalue weighted by Crippen LogP contribution is 2.32. The molecule has 1 N–H and O–H groups in total. The number of rotatable bonds is 3. The normalized spacial score (nSPS) is 11.5. The van der Waals surface area contributed by atoms with Gasteiger partial charge in [-0.1, -0.05) is 0 Å². The highest BCUT2D eigenvalue weighted by atomic mass is 35.7. The summed E-state index contributed by atoms with van der Waals surface area (Å²) in [6.07, 6.45) is 0. The van der Waals surface area contributed by atoms with Crippen molar-refractivity contribution in [2.45, 2.75) is 5.75 Å². The highest BCUT2D eigenvalue weighted by molar-refractivity contribution is 8.13. The first-order valence-corrected chi connectivity index (χ1v) is 6.40. The predicted molar refractivity (Wildman–Crippen MR) is 53.1 cm³/mol. The van der Waals surface area contributed by atoms with Crippen molar-refractivity contribution in [1.29, 1.82) is 0 Å². The Balaban J connectivity index is 3.36. The fourth-order valence-electron chi connectivity index (χ4n) is 1.09. The quantitative estimate of drug-likeness (QED) is 0.852. The summed E-state index contributed by atoms with van der Waals surface area (Å²) in [6.45, 7) is 0. The first kappa shape index (κ1) is 13.0. The van der Waals surface area contributed by atoms with Gasteiger partial charge in [0.1, 0.15) is 0 Å². The Hall–Kier alpha value is -1.08. The number of hydrogen-bond acceptors (Lipinski definition) is 4. The number of phenols is 1. The van der Waals surface area contributed by atoms with Crippen molar-refractivity contribution in [1.82, 2.24) is 0 Å². The van der Waals surface area contributed by atoms with Crippen molar-refractivity contribution in [3.8, 4) is 11.5 Å². The van der Waals surface area contributed by atoms with E-state index >= 15 is 0 Å². The molecule has 0 heterocycles. The van der Waals surface area contributed by atoms with Crippen molar-refractivity contribution in [2.24, 2.45) is 0 Å². The molecule has 1 aromatic carbocycles. The molecule has 0 atom stereocenters. The predicted octanol–water partition coefficient (Wildman–Crippen LogP) is 1.75. The molecule has 0 saturated carbocycles. The average molecular weight is 273 g/mol. The van der Waals surface area contributed by atoms with Crippen LogP contribution in [0.3, 0.4) is 0 Å². The molecule has 0 spiro atoms. The zero-order valence-corrected chi connectivity index (χ0v) is 9.57. The lowest BCUT2D eigenvalue weighted by Gasteiger charge is -2.08. The van der Waals surface area contributed by atoms with Gasteiger partial charge in [0.25, 0.3) is 0 Å². The van der Waals surface area contributed by atoms with E-state index in [-0.39, 0.29) is 0 Å². The first-order valence-electron chi connectivity index (χ1n) is 3.92. The summed E-state index contributed by atoms with van der Waals surface area (Å²) in [7, 11) is 2.00. The van der Waals surface area contributed by atoms with Crippen LogP contribution < -0.4 is 4.74 Å². The number of hydrogen-bond donors (Lipinski definition) is 1. The van der Waals surface area contributed by atoms with Crippen LogP contribution in [0.1, 0.15) is 5.56 Å². The molecule has 90 valence electrons. The fourth-order valence-corrected chi connectivity index (χ4v) is 2.02. The Morgan fingerprint density at radius 2 is 2.00 bits per heavy atom. The summed E-state index contributed by atoms with van der Waals surface area (Å²) in [5, 5.41) is 9.03. The minimum absolute atomic E-state index is 0.464. The third-order valence-electron chi connectivity index (χ3n) is 1.77. The van der Waals surface area contributed by atoms with E-state index in [2.05, 4.69) is 4.74 Å². The van der Waals surface area contributed by atoms with E-state index < -0.39 is 43.5 Å². The maximum absolute atomic E-state index is 13.2. The van der Waals surface area contributed by atoms with E-state index in [4.69, 9.17) is 15.8 Å². The van der Waals surface area contributed by atoms with Crippen molar-refractivity contribution in [2.75, 3.05) is 7.11 Å². The number of halogens is 3. The van der Waals surface area contributed by atoms with Crippen LogP contribution in [0.4, 0.5) is 8.78 Å². The van der Waals surface area contributed by atoms with Gasteiger partial charge in [-0.05, 0) is 6.07 Å². The number of phenolic OH excluding ortho intramolecular Hbond substituents is 1. The number of aromatic hydroxyl groups is 1. The molecule has 1 aromatic rings. The fraction of sp³-hybridized carbons (Fsp3) is 0.250. The summed E-state index contributed by atoms with van der Waals surface area (Å²) in [5.74, 6) is -5.30. The smallest absolute Gasteiger partial charge is 0.236 e. The van der Waals surface area contributed by atoms with Crippen molar-refractivity contribution in [3.63, 3.8) is 0 Å². The van der Waals surface area contributed by atoms with Crippen LogP contribution in [0, 0.1) is 11.6 Å². The van der Waals surface area contributed by atoms with Gasteiger partial charge in [-0.2, -0.15) is 4.39 Å². The number of methoxy groups -OCH3 is 1. The number of ether oxygens (including phenoxy) is 1. The van der Waals surface area contributed by atoms with Gasteiger partial charge in [0, 0.05) is 16.2 Å². The lowest BCUT2D eigenvalue weighted by atomic mass is 10.2. The van der Waals surface area contributed by atoms with E-state index in [0.29, 0.717) is 0 Å². The van der Waals surface area contributed by atoms with Gasteiger partial charge >= 0.3 is 0 Å². The van der Waals surface area contributed by atoms with Crippen LogP contribution in [-0.2, 0) is 14.8 Å². The molecule has 16 heavy (non-hydrogen) atoms. The van der Waals surface area contributed by atoms with Crippen LogP contribution in [0.25, 0.3) is 0 Å². The standard InChI is InChI=1S/C8H7ClF2O4S/c1-15-5-2-4(3-16(9,13)14)6(10)8(12)7(5)11/h2,12H,3H2,1H3. The zero-order chi connectivity index (χ0) is 12.5. The van der Waals surface area contributed by atoms with E-state index in [1.54, 1.807) is 0 Å². The Bertz CT molecular complexity index is 515. The Kier molecular flexibility index (Phi) is 3.59. The van der Waals surface area contributed by atoms with Crippen molar-refractivity contribution >= 4 is 19.7 Å². The lowest BCUT2D eigenvalue weighted by molar-refractivity contribution is 0.348.